The molecular weight excluding hydrogens is 420 g/mol. The molecule has 27 heavy (non-hydrogen) atoms. The highest BCUT2D eigenvalue weighted by Gasteiger charge is 2.59. The summed E-state index contributed by atoms with van der Waals surface area (Å²) in [7, 11) is -4.47. The largest absolute Gasteiger partial charge is 0.505 e. The van der Waals surface area contributed by atoms with Gasteiger partial charge >= 0.3 is 5.97 Å². The van der Waals surface area contributed by atoms with E-state index in [4.69, 9.17) is 27.9 Å². The van der Waals surface area contributed by atoms with Crippen LogP contribution < -0.4 is 9.04 Å². The molecule has 2 aromatic carbocycles. The van der Waals surface area contributed by atoms with E-state index in [0.717, 1.165) is 22.5 Å². The van der Waals surface area contributed by atoms with Gasteiger partial charge in [0.25, 0.3) is 10.0 Å². The number of carbonyl (C=O) groups excluding carboxylic acids is 1. The third kappa shape index (κ3) is 2.58. The van der Waals surface area contributed by atoms with E-state index in [0.29, 0.717) is 6.42 Å². The number of anilines is 1. The van der Waals surface area contributed by atoms with Crippen LogP contribution in [0.3, 0.4) is 0 Å². The van der Waals surface area contributed by atoms with Crippen molar-refractivity contribution in [3.63, 3.8) is 0 Å². The SMILES string of the molecule is O=C1Oc2cc(F)ccc2N(S(=O)(=O)c2cc(Cl)cc(Cl)c2O)C12CCC2. The van der Waals surface area contributed by atoms with Crippen molar-refractivity contribution in [3.8, 4) is 11.5 Å². The third-order valence-electron chi connectivity index (χ3n) is 4.80. The van der Waals surface area contributed by atoms with Crippen molar-refractivity contribution in [2.24, 2.45) is 0 Å². The van der Waals surface area contributed by atoms with Gasteiger partial charge in [0.05, 0.1) is 10.7 Å². The van der Waals surface area contributed by atoms with Crippen LogP contribution in [-0.2, 0) is 14.8 Å². The van der Waals surface area contributed by atoms with E-state index in [9.17, 15) is 22.7 Å². The van der Waals surface area contributed by atoms with Gasteiger partial charge in [-0.15, -0.1) is 0 Å². The van der Waals surface area contributed by atoms with Gasteiger partial charge in [-0.2, -0.15) is 0 Å². The number of halogens is 3. The Morgan fingerprint density at radius 1 is 1.19 bits per heavy atom. The molecule has 0 saturated heterocycles. The molecule has 1 fully saturated rings. The van der Waals surface area contributed by atoms with Crippen molar-refractivity contribution in [1.29, 1.82) is 0 Å². The summed E-state index contributed by atoms with van der Waals surface area (Å²) in [6.07, 6.45) is 1.08. The molecular formula is C17H12Cl2FNO5S. The molecule has 1 N–H and O–H groups in total. The average Bonchev–Trinajstić information content (AvgIpc) is 2.54. The number of hydrogen-bond acceptors (Lipinski definition) is 5. The van der Waals surface area contributed by atoms with Gasteiger partial charge in [0, 0.05) is 11.1 Å². The van der Waals surface area contributed by atoms with Crippen molar-refractivity contribution in [3.05, 3.63) is 46.2 Å². The summed E-state index contributed by atoms with van der Waals surface area (Å²) in [5, 5.41) is 9.99. The highest BCUT2D eigenvalue weighted by molar-refractivity contribution is 7.93. The molecule has 0 bridgehead atoms. The lowest BCUT2D eigenvalue weighted by molar-refractivity contribution is -0.144. The molecule has 2 aromatic rings. The number of fused-ring (bicyclic) bond motifs is 1. The number of hydrogen-bond donors (Lipinski definition) is 1. The van der Waals surface area contributed by atoms with Crippen LogP contribution in [0.15, 0.2) is 35.2 Å². The minimum atomic E-state index is -4.47. The van der Waals surface area contributed by atoms with E-state index < -0.39 is 38.0 Å². The molecule has 1 aliphatic heterocycles. The smallest absolute Gasteiger partial charge is 0.338 e. The zero-order chi connectivity index (χ0) is 19.6. The van der Waals surface area contributed by atoms with Crippen LogP contribution in [0.4, 0.5) is 10.1 Å². The van der Waals surface area contributed by atoms with E-state index in [1.54, 1.807) is 0 Å². The van der Waals surface area contributed by atoms with E-state index in [1.165, 1.54) is 12.1 Å². The number of sulfonamides is 1. The summed E-state index contributed by atoms with van der Waals surface area (Å²) in [4.78, 5) is 12.1. The van der Waals surface area contributed by atoms with Crippen LogP contribution in [0.5, 0.6) is 11.5 Å². The minimum Gasteiger partial charge on any atom is -0.505 e. The lowest BCUT2D eigenvalue weighted by atomic mass is 9.76. The molecule has 10 heteroatoms. The van der Waals surface area contributed by atoms with Crippen LogP contribution >= 0.6 is 23.2 Å². The zero-order valence-electron chi connectivity index (χ0n) is 13.6. The number of phenolic OH excluding ortho intramolecular Hbond substituents is 1. The average molecular weight is 432 g/mol. The molecule has 142 valence electrons. The number of esters is 1. The van der Waals surface area contributed by atoms with Gasteiger partial charge in [-0.1, -0.05) is 23.2 Å². The molecule has 0 amide bonds. The molecule has 4 rings (SSSR count). The van der Waals surface area contributed by atoms with Crippen LogP contribution in [0.2, 0.25) is 10.0 Å². The van der Waals surface area contributed by atoms with Crippen molar-refractivity contribution < 1.29 is 27.4 Å². The van der Waals surface area contributed by atoms with Crippen molar-refractivity contribution >= 4 is 44.9 Å². The first-order valence-electron chi connectivity index (χ1n) is 7.92. The van der Waals surface area contributed by atoms with Crippen LogP contribution in [0.1, 0.15) is 19.3 Å². The second kappa shape index (κ2) is 5.98. The van der Waals surface area contributed by atoms with Crippen LogP contribution in [0, 0.1) is 5.82 Å². The van der Waals surface area contributed by atoms with Gasteiger partial charge in [-0.3, -0.25) is 0 Å². The molecule has 2 aliphatic rings. The topological polar surface area (TPSA) is 83.9 Å². The second-order valence-corrected chi connectivity index (χ2v) is 8.99. The Labute approximate surface area is 164 Å². The summed E-state index contributed by atoms with van der Waals surface area (Å²) in [6, 6.07) is 5.47. The maximum absolute atomic E-state index is 13.6. The van der Waals surface area contributed by atoms with Gasteiger partial charge in [-0.25, -0.2) is 21.9 Å². The van der Waals surface area contributed by atoms with Gasteiger partial charge in [0.15, 0.2) is 17.0 Å². The first kappa shape index (κ1) is 18.3. The van der Waals surface area contributed by atoms with E-state index in [-0.39, 0.29) is 34.3 Å². The quantitative estimate of drug-likeness (QED) is 0.576. The highest BCUT2D eigenvalue weighted by Crippen LogP contribution is 2.51. The first-order chi connectivity index (χ1) is 12.7. The maximum atomic E-state index is 13.6. The number of ether oxygens (including phenoxy) is 1. The maximum Gasteiger partial charge on any atom is 0.338 e. The summed E-state index contributed by atoms with van der Waals surface area (Å²) >= 11 is 11.8. The Kier molecular flexibility index (Phi) is 4.06. The number of rotatable bonds is 2. The Hall–Kier alpha value is -2.03. The predicted molar refractivity (Wildman–Crippen MR) is 96.4 cm³/mol. The van der Waals surface area contributed by atoms with Crippen LogP contribution in [-0.4, -0.2) is 25.0 Å². The van der Waals surface area contributed by atoms with E-state index in [2.05, 4.69) is 0 Å². The Morgan fingerprint density at radius 3 is 2.52 bits per heavy atom. The predicted octanol–water partition coefficient (Wildman–Crippen LogP) is 3.88. The molecule has 0 unspecified atom stereocenters. The van der Waals surface area contributed by atoms with Crippen molar-refractivity contribution in [1.82, 2.24) is 0 Å². The number of aromatic hydroxyl groups is 1. The van der Waals surface area contributed by atoms with Gasteiger partial charge in [-0.05, 0) is 43.5 Å². The second-order valence-electron chi connectivity index (χ2n) is 6.39. The molecule has 1 heterocycles. The standard InChI is InChI=1S/C17H12Cl2FNO5S/c18-9-6-11(19)15(22)14(7-9)27(24,25)21-12-3-2-10(20)8-13(12)26-16(23)17(21)4-1-5-17/h2-3,6-8,22H,1,4-5H2. The number of carbonyl (C=O) groups is 1. The van der Waals surface area contributed by atoms with Gasteiger partial charge in [0.1, 0.15) is 10.7 Å². The van der Waals surface area contributed by atoms with Crippen molar-refractivity contribution in [2.75, 3.05) is 4.31 Å². The fraction of sp³-hybridized carbons (Fsp3) is 0.235. The number of nitrogens with zero attached hydrogens (tertiary/aromatic N) is 1. The summed E-state index contributed by atoms with van der Waals surface area (Å²) in [5.74, 6) is -2.37. The Bertz CT molecular complexity index is 1080. The summed E-state index contributed by atoms with van der Waals surface area (Å²) in [5.41, 5.74) is -1.45. The highest BCUT2D eigenvalue weighted by atomic mass is 35.5. The minimum absolute atomic E-state index is 0.00190. The summed E-state index contributed by atoms with van der Waals surface area (Å²) < 4.78 is 46.6. The number of benzene rings is 2. The third-order valence-corrected chi connectivity index (χ3v) is 7.20. The molecule has 0 aromatic heterocycles. The monoisotopic (exact) mass is 431 g/mol. The van der Waals surface area contributed by atoms with Gasteiger partial charge < -0.3 is 9.84 Å². The molecule has 6 nitrogen and oxygen atoms in total. The lowest BCUT2D eigenvalue weighted by Crippen LogP contribution is -2.64. The van der Waals surface area contributed by atoms with E-state index in [1.807, 2.05) is 0 Å². The Balaban J connectivity index is 1.99. The fourth-order valence-corrected chi connectivity index (χ4v) is 5.93. The van der Waals surface area contributed by atoms with E-state index >= 15 is 0 Å². The van der Waals surface area contributed by atoms with Gasteiger partial charge in [0.2, 0.25) is 0 Å². The molecule has 1 spiro atoms. The Morgan fingerprint density at radius 2 is 1.89 bits per heavy atom. The summed E-state index contributed by atoms with van der Waals surface area (Å²) in [6.45, 7) is 0. The molecule has 1 aliphatic carbocycles. The lowest BCUT2D eigenvalue weighted by Gasteiger charge is -2.50. The normalized spacial score (nSPS) is 18.0. The fourth-order valence-electron chi connectivity index (χ4n) is 3.36. The van der Waals surface area contributed by atoms with Crippen molar-refractivity contribution in [2.45, 2.75) is 29.7 Å². The zero-order valence-corrected chi connectivity index (χ0v) is 15.9. The van der Waals surface area contributed by atoms with Crippen LogP contribution in [0.25, 0.3) is 0 Å². The number of phenols is 1. The first-order valence-corrected chi connectivity index (χ1v) is 10.1. The molecule has 0 atom stereocenters. The molecule has 1 saturated carbocycles. The molecule has 0 radical (unpaired) electrons.